The minimum Gasteiger partial charge on any atom is -0.309 e. The van der Waals surface area contributed by atoms with Crippen molar-refractivity contribution in [2.75, 3.05) is 4.90 Å². The lowest BCUT2D eigenvalue weighted by molar-refractivity contribution is 1.30. The maximum absolute atomic E-state index is 2.47. The Balaban J connectivity index is 1.29. The Bertz CT molecular complexity index is 2950. The summed E-state index contributed by atoms with van der Waals surface area (Å²) in [6.07, 6.45) is 4.39. The van der Waals surface area contributed by atoms with E-state index in [0.29, 0.717) is 0 Å². The standard InChI is InChI=1S/C50H35N/c1-32-17-21-34(22-18-32)23-24-35-25-29-39(30-26-35)51(38-27-19-33(2)20-28-38)50-42-13-6-5-12-41(42)48-43-14-7-10-37-31-36-9-3-4-11-40(36)47(46(37)43)44-15-8-16-45(50)49(44)48/h3-31H,1-2H3. The first-order valence-corrected chi connectivity index (χ1v) is 17.8. The van der Waals surface area contributed by atoms with E-state index >= 15 is 0 Å². The van der Waals surface area contributed by atoms with Crippen LogP contribution in [0.4, 0.5) is 17.1 Å². The van der Waals surface area contributed by atoms with Gasteiger partial charge in [0.1, 0.15) is 0 Å². The summed E-state index contributed by atoms with van der Waals surface area (Å²) in [7, 11) is 0. The lowest BCUT2D eigenvalue weighted by Gasteiger charge is -2.30. The molecule has 0 saturated heterocycles. The van der Waals surface area contributed by atoms with Gasteiger partial charge in [0.2, 0.25) is 0 Å². The van der Waals surface area contributed by atoms with E-state index in [2.05, 4.69) is 195 Å². The fourth-order valence-electron chi connectivity index (χ4n) is 8.25. The van der Waals surface area contributed by atoms with Gasteiger partial charge in [0.25, 0.3) is 0 Å². The molecule has 10 aromatic carbocycles. The predicted molar refractivity (Wildman–Crippen MR) is 222 cm³/mol. The Morgan fingerprint density at radius 1 is 0.353 bits per heavy atom. The van der Waals surface area contributed by atoms with Crippen LogP contribution in [0, 0.1) is 13.8 Å². The van der Waals surface area contributed by atoms with Crippen molar-refractivity contribution in [3.05, 3.63) is 186 Å². The molecule has 0 aliphatic rings. The molecule has 0 N–H and O–H groups in total. The van der Waals surface area contributed by atoms with Crippen molar-refractivity contribution in [1.82, 2.24) is 0 Å². The third-order valence-electron chi connectivity index (χ3n) is 10.7. The van der Waals surface area contributed by atoms with E-state index in [1.807, 2.05) is 0 Å². The summed E-state index contributed by atoms with van der Waals surface area (Å²) in [4.78, 5) is 2.47. The molecular formula is C50H35N. The average molecular weight is 650 g/mol. The molecule has 0 unspecified atom stereocenters. The molecule has 0 saturated carbocycles. The Morgan fingerprint density at radius 2 is 0.804 bits per heavy atom. The summed E-state index contributed by atoms with van der Waals surface area (Å²) in [5.74, 6) is 0. The van der Waals surface area contributed by atoms with E-state index in [4.69, 9.17) is 0 Å². The van der Waals surface area contributed by atoms with Gasteiger partial charge in [-0.1, -0.05) is 157 Å². The largest absolute Gasteiger partial charge is 0.309 e. The number of nitrogens with zero attached hydrogens (tertiary/aromatic N) is 1. The highest BCUT2D eigenvalue weighted by Crippen LogP contribution is 2.51. The molecule has 0 aliphatic carbocycles. The van der Waals surface area contributed by atoms with E-state index in [1.165, 1.54) is 92.6 Å². The zero-order valence-electron chi connectivity index (χ0n) is 28.7. The van der Waals surface area contributed by atoms with Gasteiger partial charge in [-0.15, -0.1) is 0 Å². The van der Waals surface area contributed by atoms with Gasteiger partial charge in [-0.05, 0) is 104 Å². The van der Waals surface area contributed by atoms with Gasteiger partial charge in [-0.2, -0.15) is 0 Å². The van der Waals surface area contributed by atoms with Crippen molar-refractivity contribution >= 4 is 93.8 Å². The van der Waals surface area contributed by atoms with Crippen molar-refractivity contribution in [1.29, 1.82) is 0 Å². The van der Waals surface area contributed by atoms with Gasteiger partial charge in [-0.25, -0.2) is 0 Å². The van der Waals surface area contributed by atoms with Crippen molar-refractivity contribution in [3.8, 4) is 0 Å². The Labute approximate surface area is 297 Å². The molecule has 1 heteroatoms. The van der Waals surface area contributed by atoms with Gasteiger partial charge < -0.3 is 4.90 Å². The number of aryl methyl sites for hydroxylation is 2. The first kappa shape index (κ1) is 29.5. The molecule has 0 radical (unpaired) electrons. The zero-order chi connectivity index (χ0) is 34.1. The molecular weight excluding hydrogens is 615 g/mol. The SMILES string of the molecule is Cc1ccc(C=Cc2ccc(N(c3ccc(C)cc3)c3c4ccccc4c4c5cccc6cc7ccccc7c(c7cccc3c74)c65)cc2)cc1. The van der Waals surface area contributed by atoms with Crippen LogP contribution in [-0.4, -0.2) is 0 Å². The molecule has 0 aromatic heterocycles. The van der Waals surface area contributed by atoms with Gasteiger partial charge in [0, 0.05) is 27.5 Å². The summed E-state index contributed by atoms with van der Waals surface area (Å²) < 4.78 is 0. The highest BCUT2D eigenvalue weighted by atomic mass is 15.1. The third-order valence-corrected chi connectivity index (χ3v) is 10.7. The molecule has 0 bridgehead atoms. The molecule has 1 nitrogen and oxygen atoms in total. The van der Waals surface area contributed by atoms with Gasteiger partial charge >= 0.3 is 0 Å². The first-order chi connectivity index (χ1) is 25.1. The number of anilines is 3. The smallest absolute Gasteiger partial charge is 0.0619 e. The van der Waals surface area contributed by atoms with Crippen LogP contribution >= 0.6 is 0 Å². The number of hydrogen-bond acceptors (Lipinski definition) is 1. The second-order valence-corrected chi connectivity index (χ2v) is 13.9. The van der Waals surface area contributed by atoms with E-state index in [0.717, 1.165) is 11.4 Å². The second-order valence-electron chi connectivity index (χ2n) is 13.9. The van der Waals surface area contributed by atoms with Gasteiger partial charge in [-0.3, -0.25) is 0 Å². The minimum absolute atomic E-state index is 1.13. The normalized spacial score (nSPS) is 12.0. The van der Waals surface area contributed by atoms with Crippen LogP contribution < -0.4 is 4.90 Å². The Hall–Kier alpha value is -6.44. The lowest BCUT2D eigenvalue weighted by atomic mass is 9.84. The average Bonchev–Trinajstić information content (AvgIpc) is 3.17. The number of benzene rings is 10. The molecule has 0 fully saturated rings. The number of hydrogen-bond donors (Lipinski definition) is 0. The summed E-state index contributed by atoms with van der Waals surface area (Å²) >= 11 is 0. The van der Waals surface area contributed by atoms with Crippen LogP contribution in [0.25, 0.3) is 76.8 Å². The molecule has 0 aliphatic heterocycles. The van der Waals surface area contributed by atoms with Gasteiger partial charge in [0.05, 0.1) is 5.69 Å². The van der Waals surface area contributed by atoms with Crippen molar-refractivity contribution < 1.29 is 0 Å². The van der Waals surface area contributed by atoms with Crippen molar-refractivity contribution in [3.63, 3.8) is 0 Å². The summed E-state index contributed by atoms with van der Waals surface area (Å²) in [5, 5.41) is 15.6. The fourth-order valence-corrected chi connectivity index (χ4v) is 8.25. The van der Waals surface area contributed by atoms with Crippen molar-refractivity contribution in [2.24, 2.45) is 0 Å². The highest BCUT2D eigenvalue weighted by Gasteiger charge is 2.24. The van der Waals surface area contributed by atoms with E-state index < -0.39 is 0 Å². The van der Waals surface area contributed by atoms with Crippen LogP contribution in [0.5, 0.6) is 0 Å². The quantitative estimate of drug-likeness (QED) is 0.102. The molecule has 51 heavy (non-hydrogen) atoms. The minimum atomic E-state index is 1.13. The fraction of sp³-hybridized carbons (Fsp3) is 0.0400. The van der Waals surface area contributed by atoms with E-state index in [1.54, 1.807) is 0 Å². The summed E-state index contributed by atoms with van der Waals surface area (Å²) in [6, 6.07) is 60.6. The van der Waals surface area contributed by atoms with Crippen LogP contribution in [0.15, 0.2) is 164 Å². The number of fused-ring (bicyclic) bond motifs is 6. The number of rotatable bonds is 5. The zero-order valence-corrected chi connectivity index (χ0v) is 28.7. The third kappa shape index (κ3) is 4.70. The Morgan fingerprint density at radius 3 is 1.51 bits per heavy atom. The summed E-state index contributed by atoms with van der Waals surface area (Å²) in [6.45, 7) is 4.28. The summed E-state index contributed by atoms with van der Waals surface area (Å²) in [5.41, 5.74) is 8.35. The maximum atomic E-state index is 2.47. The van der Waals surface area contributed by atoms with E-state index in [9.17, 15) is 0 Å². The van der Waals surface area contributed by atoms with Crippen LogP contribution in [0.3, 0.4) is 0 Å². The molecule has 0 atom stereocenters. The molecule has 0 amide bonds. The second kappa shape index (κ2) is 11.6. The highest BCUT2D eigenvalue weighted by molar-refractivity contribution is 6.43. The molecule has 0 heterocycles. The lowest BCUT2D eigenvalue weighted by Crippen LogP contribution is -2.11. The van der Waals surface area contributed by atoms with Gasteiger partial charge in [0.15, 0.2) is 0 Å². The topological polar surface area (TPSA) is 3.24 Å². The van der Waals surface area contributed by atoms with Crippen LogP contribution in [0.1, 0.15) is 22.3 Å². The van der Waals surface area contributed by atoms with Crippen molar-refractivity contribution in [2.45, 2.75) is 13.8 Å². The van der Waals surface area contributed by atoms with Crippen LogP contribution in [-0.2, 0) is 0 Å². The molecule has 240 valence electrons. The monoisotopic (exact) mass is 649 g/mol. The first-order valence-electron chi connectivity index (χ1n) is 17.8. The molecule has 0 spiro atoms. The Kier molecular flexibility index (Phi) is 6.69. The van der Waals surface area contributed by atoms with E-state index in [-0.39, 0.29) is 0 Å². The maximum Gasteiger partial charge on any atom is 0.0619 e. The molecule has 10 rings (SSSR count). The molecule has 10 aromatic rings. The van der Waals surface area contributed by atoms with Crippen LogP contribution in [0.2, 0.25) is 0 Å². The predicted octanol–water partition coefficient (Wildman–Crippen LogP) is 14.3.